The predicted molar refractivity (Wildman–Crippen MR) is 101 cm³/mol. The second-order valence-corrected chi connectivity index (χ2v) is 5.73. The maximum absolute atomic E-state index is 12.1. The van der Waals surface area contributed by atoms with Crippen LogP contribution < -0.4 is 15.8 Å². The average molecular weight is 332 g/mol. The highest BCUT2D eigenvalue weighted by atomic mass is 16.5. The van der Waals surface area contributed by atoms with E-state index < -0.39 is 0 Å². The molecule has 0 spiro atoms. The van der Waals surface area contributed by atoms with E-state index in [9.17, 15) is 4.79 Å². The number of nitrogens with two attached hydrogens (primary N) is 1. The van der Waals surface area contributed by atoms with Crippen molar-refractivity contribution in [3.8, 4) is 11.5 Å². The molecule has 0 atom stereocenters. The van der Waals surface area contributed by atoms with Gasteiger partial charge in [-0.2, -0.15) is 0 Å². The minimum atomic E-state index is -0.0199. The Balaban J connectivity index is 1.50. The van der Waals surface area contributed by atoms with Crippen LogP contribution in [0.4, 0.5) is 11.4 Å². The van der Waals surface area contributed by atoms with Crippen LogP contribution in [-0.2, 0) is 11.2 Å². The third kappa shape index (κ3) is 5.11. The summed E-state index contributed by atoms with van der Waals surface area (Å²) in [5.41, 5.74) is 8.23. The Morgan fingerprint density at radius 1 is 0.840 bits per heavy atom. The van der Waals surface area contributed by atoms with Crippen LogP contribution in [0, 0.1) is 0 Å². The second-order valence-electron chi connectivity index (χ2n) is 5.73. The van der Waals surface area contributed by atoms with Gasteiger partial charge in [-0.15, -0.1) is 0 Å². The summed E-state index contributed by atoms with van der Waals surface area (Å²) in [6, 6.07) is 24.5. The van der Waals surface area contributed by atoms with Gasteiger partial charge in [0, 0.05) is 17.8 Å². The van der Waals surface area contributed by atoms with Gasteiger partial charge in [0.15, 0.2) is 0 Å². The topological polar surface area (TPSA) is 64.4 Å². The highest BCUT2D eigenvalue weighted by molar-refractivity contribution is 5.90. The van der Waals surface area contributed by atoms with Crippen molar-refractivity contribution >= 4 is 17.3 Å². The molecule has 0 unspecified atom stereocenters. The van der Waals surface area contributed by atoms with Crippen molar-refractivity contribution in [2.75, 3.05) is 11.1 Å². The summed E-state index contributed by atoms with van der Waals surface area (Å²) in [4.78, 5) is 12.1. The standard InChI is InChI=1S/C21H20N2O2/c22-17-9-6-16(7-10-17)8-15-21(24)23-18-11-13-20(14-12-18)25-19-4-2-1-3-5-19/h1-7,9-14H,8,15,22H2,(H,23,24). The molecule has 126 valence electrons. The van der Waals surface area contributed by atoms with Crippen LogP contribution in [-0.4, -0.2) is 5.91 Å². The van der Waals surface area contributed by atoms with E-state index in [-0.39, 0.29) is 5.91 Å². The maximum Gasteiger partial charge on any atom is 0.224 e. The Kier molecular flexibility index (Phi) is 5.32. The number of nitrogens with one attached hydrogen (secondary N) is 1. The smallest absolute Gasteiger partial charge is 0.224 e. The Morgan fingerprint density at radius 2 is 1.48 bits per heavy atom. The van der Waals surface area contributed by atoms with Gasteiger partial charge in [0.05, 0.1) is 0 Å². The van der Waals surface area contributed by atoms with E-state index in [1.54, 1.807) is 0 Å². The van der Waals surface area contributed by atoms with Gasteiger partial charge in [0.2, 0.25) is 5.91 Å². The Morgan fingerprint density at radius 3 is 2.16 bits per heavy atom. The molecule has 3 N–H and O–H groups in total. The number of anilines is 2. The second kappa shape index (κ2) is 8.02. The molecule has 0 aliphatic heterocycles. The number of ether oxygens (including phenoxy) is 1. The van der Waals surface area contributed by atoms with Crippen molar-refractivity contribution in [2.24, 2.45) is 0 Å². The van der Waals surface area contributed by atoms with Crippen LogP contribution in [0.15, 0.2) is 78.9 Å². The first kappa shape index (κ1) is 16.6. The van der Waals surface area contributed by atoms with Gasteiger partial charge in [-0.25, -0.2) is 0 Å². The lowest BCUT2D eigenvalue weighted by molar-refractivity contribution is -0.116. The number of hydrogen-bond donors (Lipinski definition) is 2. The van der Waals surface area contributed by atoms with E-state index >= 15 is 0 Å². The van der Waals surface area contributed by atoms with Crippen molar-refractivity contribution in [1.82, 2.24) is 0 Å². The molecule has 4 nitrogen and oxygen atoms in total. The number of para-hydroxylation sites is 1. The molecule has 4 heteroatoms. The highest BCUT2D eigenvalue weighted by Gasteiger charge is 2.04. The third-order valence-electron chi connectivity index (χ3n) is 3.74. The van der Waals surface area contributed by atoms with Crippen LogP contribution in [0.3, 0.4) is 0 Å². The lowest BCUT2D eigenvalue weighted by atomic mass is 10.1. The van der Waals surface area contributed by atoms with Gasteiger partial charge in [0.25, 0.3) is 0 Å². The number of benzene rings is 3. The molecule has 3 aromatic carbocycles. The van der Waals surface area contributed by atoms with Gasteiger partial charge < -0.3 is 15.8 Å². The van der Waals surface area contributed by atoms with Crippen molar-refractivity contribution in [2.45, 2.75) is 12.8 Å². The van der Waals surface area contributed by atoms with Crippen LogP contribution in [0.2, 0.25) is 0 Å². The fourth-order valence-electron chi connectivity index (χ4n) is 2.40. The van der Waals surface area contributed by atoms with Gasteiger partial charge >= 0.3 is 0 Å². The first-order valence-corrected chi connectivity index (χ1v) is 8.16. The number of aryl methyl sites for hydroxylation is 1. The largest absolute Gasteiger partial charge is 0.457 e. The van der Waals surface area contributed by atoms with Crippen molar-refractivity contribution in [1.29, 1.82) is 0 Å². The average Bonchev–Trinajstić information content (AvgIpc) is 2.64. The minimum Gasteiger partial charge on any atom is -0.457 e. The highest BCUT2D eigenvalue weighted by Crippen LogP contribution is 2.22. The molecule has 0 aromatic heterocycles. The molecular formula is C21H20N2O2. The normalized spacial score (nSPS) is 10.2. The maximum atomic E-state index is 12.1. The third-order valence-corrected chi connectivity index (χ3v) is 3.74. The molecule has 0 aliphatic rings. The molecule has 0 radical (unpaired) electrons. The zero-order chi connectivity index (χ0) is 17.5. The molecule has 25 heavy (non-hydrogen) atoms. The van der Waals surface area contributed by atoms with Crippen LogP contribution in [0.25, 0.3) is 0 Å². The fourth-order valence-corrected chi connectivity index (χ4v) is 2.40. The SMILES string of the molecule is Nc1ccc(CCC(=O)Nc2ccc(Oc3ccccc3)cc2)cc1. The van der Waals surface area contributed by atoms with Gasteiger partial charge in [-0.3, -0.25) is 4.79 Å². The van der Waals surface area contributed by atoms with E-state index in [4.69, 9.17) is 10.5 Å². The molecule has 1 amide bonds. The van der Waals surface area contributed by atoms with E-state index in [1.165, 1.54) is 0 Å². The first-order valence-electron chi connectivity index (χ1n) is 8.16. The summed E-state index contributed by atoms with van der Waals surface area (Å²) in [5.74, 6) is 1.49. The summed E-state index contributed by atoms with van der Waals surface area (Å²) >= 11 is 0. The number of amides is 1. The summed E-state index contributed by atoms with van der Waals surface area (Å²) in [6.45, 7) is 0. The number of carbonyl (C=O) groups is 1. The van der Waals surface area contributed by atoms with Crippen molar-refractivity contribution < 1.29 is 9.53 Å². The van der Waals surface area contributed by atoms with Crippen LogP contribution >= 0.6 is 0 Å². The minimum absolute atomic E-state index is 0.0199. The van der Waals surface area contributed by atoms with E-state index in [0.29, 0.717) is 12.8 Å². The number of rotatable bonds is 6. The number of nitrogen functional groups attached to an aromatic ring is 1. The molecule has 0 heterocycles. The molecule has 0 bridgehead atoms. The van der Waals surface area contributed by atoms with E-state index in [1.807, 2.05) is 78.9 Å². The Hall–Kier alpha value is -3.27. The van der Waals surface area contributed by atoms with Crippen molar-refractivity contribution in [3.63, 3.8) is 0 Å². The van der Waals surface area contributed by atoms with E-state index in [2.05, 4.69) is 5.32 Å². The monoisotopic (exact) mass is 332 g/mol. The van der Waals surface area contributed by atoms with Gasteiger partial charge in [-0.05, 0) is 60.5 Å². The predicted octanol–water partition coefficient (Wildman–Crippen LogP) is 4.63. The lowest BCUT2D eigenvalue weighted by Crippen LogP contribution is -2.12. The van der Waals surface area contributed by atoms with E-state index in [0.717, 1.165) is 28.4 Å². The molecule has 0 fully saturated rings. The summed E-state index contributed by atoms with van der Waals surface area (Å²) in [6.07, 6.45) is 1.10. The van der Waals surface area contributed by atoms with Crippen LogP contribution in [0.5, 0.6) is 11.5 Å². The molecule has 0 saturated carbocycles. The molecule has 3 aromatic rings. The van der Waals surface area contributed by atoms with Gasteiger partial charge in [-0.1, -0.05) is 30.3 Å². The fraction of sp³-hybridized carbons (Fsp3) is 0.0952. The molecular weight excluding hydrogens is 312 g/mol. The number of carbonyl (C=O) groups excluding carboxylic acids is 1. The van der Waals surface area contributed by atoms with Crippen LogP contribution in [0.1, 0.15) is 12.0 Å². The summed E-state index contributed by atoms with van der Waals surface area (Å²) in [5, 5.41) is 2.90. The zero-order valence-corrected chi connectivity index (χ0v) is 13.8. The molecule has 0 aliphatic carbocycles. The Bertz CT molecular complexity index is 813. The zero-order valence-electron chi connectivity index (χ0n) is 13.8. The quantitative estimate of drug-likeness (QED) is 0.647. The lowest BCUT2D eigenvalue weighted by Gasteiger charge is -2.08. The number of hydrogen-bond acceptors (Lipinski definition) is 3. The van der Waals surface area contributed by atoms with Gasteiger partial charge in [0.1, 0.15) is 11.5 Å². The first-order chi connectivity index (χ1) is 12.2. The summed E-state index contributed by atoms with van der Waals surface area (Å²) < 4.78 is 5.73. The Labute approximate surface area is 147 Å². The van der Waals surface area contributed by atoms with Crippen molar-refractivity contribution in [3.05, 3.63) is 84.4 Å². The molecule has 0 saturated heterocycles. The molecule has 3 rings (SSSR count). The summed E-state index contributed by atoms with van der Waals surface area (Å²) in [7, 11) is 0.